The van der Waals surface area contributed by atoms with E-state index in [2.05, 4.69) is 4.90 Å². The smallest absolute Gasteiger partial charge is 0.290 e. The molecule has 1 saturated heterocycles. The van der Waals surface area contributed by atoms with Crippen molar-refractivity contribution < 1.29 is 23.8 Å². The van der Waals surface area contributed by atoms with Gasteiger partial charge in [-0.2, -0.15) is 0 Å². The van der Waals surface area contributed by atoms with E-state index in [1.54, 1.807) is 17.0 Å². The van der Waals surface area contributed by atoms with Gasteiger partial charge in [0.2, 0.25) is 5.78 Å². The molecule has 0 unspecified atom stereocenters. The molecule has 0 radical (unpaired) electrons. The van der Waals surface area contributed by atoms with E-state index in [0.29, 0.717) is 6.54 Å². The highest BCUT2D eigenvalue weighted by Crippen LogP contribution is 2.39. The molecule has 1 aromatic heterocycles. The zero-order valence-electron chi connectivity index (χ0n) is 17.0. The van der Waals surface area contributed by atoms with Crippen LogP contribution in [0.4, 0.5) is 0 Å². The normalized spacial score (nSPS) is 20.2. The van der Waals surface area contributed by atoms with Crippen LogP contribution in [0.15, 0.2) is 58.4 Å². The Bertz CT molecular complexity index is 927. The van der Waals surface area contributed by atoms with Gasteiger partial charge >= 0.3 is 0 Å². The van der Waals surface area contributed by atoms with Crippen molar-refractivity contribution in [3.63, 3.8) is 0 Å². The molecule has 7 heteroatoms. The average molecular weight is 410 g/mol. The molecule has 0 aliphatic carbocycles. The van der Waals surface area contributed by atoms with Crippen LogP contribution in [0, 0.1) is 6.92 Å². The lowest BCUT2D eigenvalue weighted by molar-refractivity contribution is -0.129. The van der Waals surface area contributed by atoms with Crippen LogP contribution in [0.5, 0.6) is 0 Å². The Morgan fingerprint density at radius 1 is 1.13 bits per heavy atom. The Balaban J connectivity index is 1.59. The number of aryl methyl sites for hydroxylation is 1. The molecule has 7 nitrogen and oxygen atoms in total. The number of furan rings is 1. The topological polar surface area (TPSA) is 83.2 Å². The highest BCUT2D eigenvalue weighted by molar-refractivity contribution is 6.15. The summed E-state index contributed by atoms with van der Waals surface area (Å²) in [7, 11) is 0. The predicted molar refractivity (Wildman–Crippen MR) is 110 cm³/mol. The fraction of sp³-hybridized carbons (Fsp3) is 0.391. The van der Waals surface area contributed by atoms with Crippen LogP contribution in [0.25, 0.3) is 0 Å². The molecular weight excluding hydrogens is 384 g/mol. The van der Waals surface area contributed by atoms with E-state index in [9.17, 15) is 14.7 Å². The minimum absolute atomic E-state index is 0.0742. The molecule has 0 saturated carbocycles. The molecule has 30 heavy (non-hydrogen) atoms. The molecule has 1 N–H and O–H groups in total. The summed E-state index contributed by atoms with van der Waals surface area (Å²) in [6.45, 7) is 6.44. The van der Waals surface area contributed by atoms with Crippen LogP contribution >= 0.6 is 0 Å². The second-order valence-electron chi connectivity index (χ2n) is 7.69. The number of carbonyl (C=O) groups excluding carboxylic acids is 2. The average Bonchev–Trinajstić information content (AvgIpc) is 3.38. The van der Waals surface area contributed by atoms with Crippen molar-refractivity contribution >= 4 is 11.7 Å². The van der Waals surface area contributed by atoms with Gasteiger partial charge in [-0.1, -0.05) is 29.8 Å². The summed E-state index contributed by atoms with van der Waals surface area (Å²) in [5.74, 6) is -1.37. The van der Waals surface area contributed by atoms with Crippen LogP contribution in [0.2, 0.25) is 0 Å². The number of hydrogen-bond acceptors (Lipinski definition) is 6. The first-order valence-electron chi connectivity index (χ1n) is 10.2. The summed E-state index contributed by atoms with van der Waals surface area (Å²) >= 11 is 0. The summed E-state index contributed by atoms with van der Waals surface area (Å²) < 4.78 is 10.6. The quantitative estimate of drug-likeness (QED) is 0.707. The largest absolute Gasteiger partial charge is 0.503 e. The van der Waals surface area contributed by atoms with Gasteiger partial charge in [-0.25, -0.2) is 0 Å². The Hall–Kier alpha value is -2.90. The zero-order valence-corrected chi connectivity index (χ0v) is 17.0. The lowest BCUT2D eigenvalue weighted by Crippen LogP contribution is -2.39. The van der Waals surface area contributed by atoms with Crippen molar-refractivity contribution in [1.82, 2.24) is 9.80 Å². The number of ketones is 1. The van der Waals surface area contributed by atoms with Crippen LogP contribution in [0.1, 0.15) is 34.1 Å². The maximum atomic E-state index is 13.1. The van der Waals surface area contributed by atoms with Crippen LogP contribution < -0.4 is 0 Å². The number of morpholine rings is 1. The molecule has 2 aromatic rings. The van der Waals surface area contributed by atoms with Crippen molar-refractivity contribution in [3.8, 4) is 0 Å². The third-order valence-electron chi connectivity index (χ3n) is 5.66. The van der Waals surface area contributed by atoms with Gasteiger partial charge in [0.15, 0.2) is 11.5 Å². The van der Waals surface area contributed by atoms with Crippen molar-refractivity contribution in [1.29, 1.82) is 0 Å². The van der Waals surface area contributed by atoms with E-state index in [4.69, 9.17) is 9.15 Å². The Labute approximate surface area is 175 Å². The molecule has 1 amide bonds. The van der Waals surface area contributed by atoms with Crippen LogP contribution in [0.3, 0.4) is 0 Å². The molecule has 0 spiro atoms. The second-order valence-corrected chi connectivity index (χ2v) is 7.69. The van der Waals surface area contributed by atoms with Crippen LogP contribution in [-0.2, 0) is 9.53 Å². The summed E-state index contributed by atoms with van der Waals surface area (Å²) in [4.78, 5) is 29.9. The second kappa shape index (κ2) is 8.85. The summed E-state index contributed by atoms with van der Waals surface area (Å²) in [6.07, 6.45) is 2.15. The molecular formula is C23H26N2O5. The van der Waals surface area contributed by atoms with Crippen molar-refractivity contribution in [2.75, 3.05) is 39.4 Å². The fourth-order valence-corrected chi connectivity index (χ4v) is 4.04. The first-order valence-corrected chi connectivity index (χ1v) is 10.2. The Morgan fingerprint density at radius 2 is 1.87 bits per heavy atom. The zero-order chi connectivity index (χ0) is 21.1. The number of carbonyl (C=O) groups is 2. The molecule has 2 aliphatic rings. The van der Waals surface area contributed by atoms with Gasteiger partial charge in [-0.05, 0) is 31.0 Å². The number of nitrogens with zero attached hydrogens (tertiary/aromatic N) is 2. The molecule has 1 atom stereocenters. The number of Topliss-reactive ketones (excluding diaryl/α,β-unsaturated/α-hetero) is 1. The first-order chi connectivity index (χ1) is 14.6. The third kappa shape index (κ3) is 4.04. The van der Waals surface area contributed by atoms with E-state index in [-0.39, 0.29) is 11.3 Å². The Kier molecular flexibility index (Phi) is 6.01. The molecule has 2 aliphatic heterocycles. The molecule has 0 bridgehead atoms. The molecule has 158 valence electrons. The summed E-state index contributed by atoms with van der Waals surface area (Å²) in [5, 5.41) is 10.6. The maximum Gasteiger partial charge on any atom is 0.290 e. The number of benzene rings is 1. The number of hydrogen-bond donors (Lipinski definition) is 1. The number of ether oxygens (including phenoxy) is 1. The minimum Gasteiger partial charge on any atom is -0.503 e. The standard InChI is InChI=1S/C23H26N2O5/c1-16-5-7-17(8-6-16)20-19(21(26)18-4-2-13-30-18)22(27)23(28)25(20)10-3-9-24-11-14-29-15-12-24/h2,4-8,13,20,27H,3,9-12,14-15H2,1H3/t20-/m0/s1. The first kappa shape index (κ1) is 20.4. The van der Waals surface area contributed by atoms with Crippen molar-refractivity contribution in [2.45, 2.75) is 19.4 Å². The van der Waals surface area contributed by atoms with E-state index in [0.717, 1.165) is 50.4 Å². The summed E-state index contributed by atoms with van der Waals surface area (Å²) in [6, 6.07) is 10.2. The van der Waals surface area contributed by atoms with Gasteiger partial charge in [-0.15, -0.1) is 0 Å². The molecule has 1 fully saturated rings. The van der Waals surface area contributed by atoms with Gasteiger partial charge in [0.05, 0.1) is 31.1 Å². The van der Waals surface area contributed by atoms with Crippen molar-refractivity contribution in [2.24, 2.45) is 0 Å². The van der Waals surface area contributed by atoms with Crippen LogP contribution in [-0.4, -0.2) is 66.0 Å². The van der Waals surface area contributed by atoms with Gasteiger partial charge in [0, 0.05) is 26.2 Å². The third-order valence-corrected chi connectivity index (χ3v) is 5.66. The summed E-state index contributed by atoms with van der Waals surface area (Å²) in [5.41, 5.74) is 1.94. The Morgan fingerprint density at radius 3 is 2.53 bits per heavy atom. The van der Waals surface area contributed by atoms with Gasteiger partial charge in [0.25, 0.3) is 5.91 Å². The number of aliphatic hydroxyl groups excluding tert-OH is 1. The highest BCUT2D eigenvalue weighted by Gasteiger charge is 2.44. The molecule has 3 heterocycles. The number of amides is 1. The highest BCUT2D eigenvalue weighted by atomic mass is 16.5. The van der Waals surface area contributed by atoms with Gasteiger partial charge < -0.3 is 19.2 Å². The van der Waals surface area contributed by atoms with Crippen molar-refractivity contribution in [3.05, 3.63) is 70.9 Å². The number of rotatable bonds is 7. The van der Waals surface area contributed by atoms with E-state index in [1.807, 2.05) is 31.2 Å². The van der Waals surface area contributed by atoms with E-state index in [1.165, 1.54) is 6.26 Å². The lowest BCUT2D eigenvalue weighted by atomic mass is 9.94. The number of aliphatic hydroxyl groups is 1. The maximum absolute atomic E-state index is 13.1. The molecule has 4 rings (SSSR count). The fourth-order valence-electron chi connectivity index (χ4n) is 4.04. The van der Waals surface area contributed by atoms with Gasteiger partial charge in [0.1, 0.15) is 0 Å². The molecule has 1 aromatic carbocycles. The minimum atomic E-state index is -0.639. The monoisotopic (exact) mass is 410 g/mol. The van der Waals surface area contributed by atoms with E-state index < -0.39 is 23.5 Å². The lowest BCUT2D eigenvalue weighted by Gasteiger charge is -2.30. The predicted octanol–water partition coefficient (Wildman–Crippen LogP) is 2.89. The van der Waals surface area contributed by atoms with E-state index >= 15 is 0 Å². The van der Waals surface area contributed by atoms with Gasteiger partial charge in [-0.3, -0.25) is 14.5 Å². The SMILES string of the molecule is Cc1ccc([C@H]2C(C(=O)c3ccco3)=C(O)C(=O)N2CCCN2CCOCC2)cc1.